The molecular weight excluding hydrogens is 218 g/mol. The topological polar surface area (TPSA) is 12.0 Å². The van der Waals surface area contributed by atoms with Crippen LogP contribution in [0.3, 0.4) is 0 Å². The summed E-state index contributed by atoms with van der Waals surface area (Å²) in [5.41, 5.74) is 1.33. The van der Waals surface area contributed by atoms with Gasteiger partial charge in [0, 0.05) is 6.04 Å². The minimum Gasteiger partial charge on any atom is -0.314 e. The molecule has 0 aromatic rings. The van der Waals surface area contributed by atoms with Crippen LogP contribution < -0.4 is 5.32 Å². The molecule has 0 aliphatic heterocycles. The van der Waals surface area contributed by atoms with Crippen molar-refractivity contribution < 1.29 is 0 Å². The largest absolute Gasteiger partial charge is 0.314 e. The molecule has 0 aromatic carbocycles. The van der Waals surface area contributed by atoms with Gasteiger partial charge in [0.05, 0.1) is 0 Å². The first-order valence-electron chi connectivity index (χ1n) is 8.05. The summed E-state index contributed by atoms with van der Waals surface area (Å²) in [7, 11) is 0. The summed E-state index contributed by atoms with van der Waals surface area (Å²) in [6, 6.07) is 0.680. The van der Waals surface area contributed by atoms with Gasteiger partial charge >= 0.3 is 0 Å². The lowest BCUT2D eigenvalue weighted by molar-refractivity contribution is 0.212. The van der Waals surface area contributed by atoms with Crippen LogP contribution in [0.25, 0.3) is 0 Å². The van der Waals surface area contributed by atoms with Crippen LogP contribution in [0.4, 0.5) is 0 Å². The van der Waals surface area contributed by atoms with E-state index in [2.05, 4.69) is 32.7 Å². The summed E-state index contributed by atoms with van der Waals surface area (Å²) in [5.74, 6) is 1.91. The normalized spacial score (nSPS) is 25.9. The Morgan fingerprint density at radius 3 is 2.39 bits per heavy atom. The third-order valence-corrected chi connectivity index (χ3v) is 4.46. The molecule has 1 fully saturated rings. The van der Waals surface area contributed by atoms with Gasteiger partial charge in [0.2, 0.25) is 0 Å². The van der Waals surface area contributed by atoms with Gasteiger partial charge in [0.25, 0.3) is 0 Å². The molecule has 1 atom stereocenters. The molecule has 0 amide bonds. The van der Waals surface area contributed by atoms with Crippen molar-refractivity contribution in [3.63, 3.8) is 0 Å². The number of rotatable bonds is 8. The van der Waals surface area contributed by atoms with Gasteiger partial charge in [0.15, 0.2) is 0 Å². The highest BCUT2D eigenvalue weighted by atomic mass is 14.9. The fourth-order valence-corrected chi connectivity index (χ4v) is 3.42. The van der Waals surface area contributed by atoms with Crippen molar-refractivity contribution in [3.05, 3.63) is 12.2 Å². The Morgan fingerprint density at radius 1 is 1.22 bits per heavy atom. The maximum Gasteiger partial charge on any atom is 0.0132 e. The average molecular weight is 251 g/mol. The summed E-state index contributed by atoms with van der Waals surface area (Å²) >= 11 is 0. The minimum absolute atomic E-state index is 0.680. The molecular formula is C17H33N. The summed E-state index contributed by atoms with van der Waals surface area (Å²) in [6.07, 6.45) is 11.2. The molecule has 1 N–H and O–H groups in total. The molecule has 0 bridgehead atoms. The first-order valence-corrected chi connectivity index (χ1v) is 8.05. The lowest BCUT2D eigenvalue weighted by atomic mass is 9.75. The van der Waals surface area contributed by atoms with Gasteiger partial charge in [-0.05, 0) is 44.6 Å². The molecule has 106 valence electrons. The van der Waals surface area contributed by atoms with E-state index in [0.717, 1.165) is 24.8 Å². The van der Waals surface area contributed by atoms with Crippen LogP contribution in [0.2, 0.25) is 0 Å². The van der Waals surface area contributed by atoms with Crippen LogP contribution in [0.1, 0.15) is 72.1 Å². The van der Waals surface area contributed by atoms with E-state index < -0.39 is 0 Å². The van der Waals surface area contributed by atoms with E-state index in [1.165, 1.54) is 50.5 Å². The summed E-state index contributed by atoms with van der Waals surface area (Å²) < 4.78 is 0. The third kappa shape index (κ3) is 5.56. The van der Waals surface area contributed by atoms with Gasteiger partial charge in [-0.25, -0.2) is 0 Å². The monoisotopic (exact) mass is 251 g/mol. The zero-order valence-corrected chi connectivity index (χ0v) is 12.8. The van der Waals surface area contributed by atoms with E-state index in [9.17, 15) is 0 Å². The molecule has 0 aromatic heterocycles. The van der Waals surface area contributed by atoms with Crippen molar-refractivity contribution >= 4 is 0 Å². The highest BCUT2D eigenvalue weighted by Crippen LogP contribution is 2.34. The van der Waals surface area contributed by atoms with Crippen molar-refractivity contribution in [3.8, 4) is 0 Å². The zero-order chi connectivity index (χ0) is 13.4. The van der Waals surface area contributed by atoms with Crippen LogP contribution in [0.15, 0.2) is 12.2 Å². The van der Waals surface area contributed by atoms with Crippen molar-refractivity contribution in [2.75, 3.05) is 6.54 Å². The Hall–Kier alpha value is -0.300. The fourth-order valence-electron chi connectivity index (χ4n) is 3.42. The molecule has 1 aliphatic rings. The second-order valence-corrected chi connectivity index (χ2v) is 6.25. The maximum atomic E-state index is 4.09. The second kappa shape index (κ2) is 8.74. The highest BCUT2D eigenvalue weighted by Gasteiger charge is 2.26. The summed E-state index contributed by atoms with van der Waals surface area (Å²) in [5, 5.41) is 3.68. The number of hydrogen-bond acceptors (Lipinski definition) is 1. The van der Waals surface area contributed by atoms with Gasteiger partial charge < -0.3 is 5.32 Å². The van der Waals surface area contributed by atoms with E-state index in [-0.39, 0.29) is 0 Å². The highest BCUT2D eigenvalue weighted by molar-refractivity contribution is 4.95. The molecule has 0 heterocycles. The molecule has 1 aliphatic carbocycles. The third-order valence-electron chi connectivity index (χ3n) is 4.46. The lowest BCUT2D eigenvalue weighted by Crippen LogP contribution is -2.38. The SMILES string of the molecule is C=C(C)CC(NCC)C1CCC(CCCC)CC1. The molecule has 18 heavy (non-hydrogen) atoms. The molecule has 1 nitrogen and oxygen atoms in total. The van der Waals surface area contributed by atoms with Crippen molar-refractivity contribution in [2.45, 2.75) is 78.2 Å². The van der Waals surface area contributed by atoms with E-state index in [0.29, 0.717) is 6.04 Å². The molecule has 0 saturated heterocycles. The first-order chi connectivity index (χ1) is 8.67. The van der Waals surface area contributed by atoms with E-state index in [4.69, 9.17) is 0 Å². The predicted molar refractivity (Wildman–Crippen MR) is 81.9 cm³/mol. The van der Waals surface area contributed by atoms with Crippen LogP contribution in [0.5, 0.6) is 0 Å². The van der Waals surface area contributed by atoms with E-state index in [1.807, 2.05) is 0 Å². The quantitative estimate of drug-likeness (QED) is 0.603. The zero-order valence-electron chi connectivity index (χ0n) is 12.8. The van der Waals surface area contributed by atoms with E-state index in [1.54, 1.807) is 0 Å². The first kappa shape index (κ1) is 15.8. The standard InChI is InChI=1S/C17H33N/c1-5-7-8-15-9-11-16(12-10-15)17(18-6-2)13-14(3)4/h15-18H,3,5-13H2,1-2,4H3. The van der Waals surface area contributed by atoms with Crippen molar-refractivity contribution in [1.82, 2.24) is 5.32 Å². The van der Waals surface area contributed by atoms with Gasteiger partial charge in [-0.1, -0.05) is 51.5 Å². The molecule has 1 saturated carbocycles. The smallest absolute Gasteiger partial charge is 0.0132 e. The summed E-state index contributed by atoms with van der Waals surface area (Å²) in [6.45, 7) is 11.9. The summed E-state index contributed by atoms with van der Waals surface area (Å²) in [4.78, 5) is 0. The van der Waals surface area contributed by atoms with Crippen LogP contribution in [-0.2, 0) is 0 Å². The molecule has 0 spiro atoms. The lowest BCUT2D eigenvalue weighted by Gasteiger charge is -2.34. The van der Waals surface area contributed by atoms with Gasteiger partial charge in [0.1, 0.15) is 0 Å². The van der Waals surface area contributed by atoms with Crippen LogP contribution >= 0.6 is 0 Å². The fraction of sp³-hybridized carbons (Fsp3) is 0.882. The Balaban J connectivity index is 2.35. The minimum atomic E-state index is 0.680. The number of nitrogens with one attached hydrogen (secondary N) is 1. The molecule has 1 heteroatoms. The van der Waals surface area contributed by atoms with Crippen LogP contribution in [-0.4, -0.2) is 12.6 Å². The predicted octanol–water partition coefficient (Wildman–Crippen LogP) is 4.93. The van der Waals surface area contributed by atoms with Crippen LogP contribution in [0, 0.1) is 11.8 Å². The molecule has 0 radical (unpaired) electrons. The number of unbranched alkanes of at least 4 members (excludes halogenated alkanes) is 1. The van der Waals surface area contributed by atoms with Gasteiger partial charge in [-0.3, -0.25) is 0 Å². The van der Waals surface area contributed by atoms with Gasteiger partial charge in [-0.2, -0.15) is 0 Å². The Bertz CT molecular complexity index is 226. The molecule has 1 unspecified atom stereocenters. The number of hydrogen-bond donors (Lipinski definition) is 1. The van der Waals surface area contributed by atoms with E-state index >= 15 is 0 Å². The van der Waals surface area contributed by atoms with Crippen molar-refractivity contribution in [1.29, 1.82) is 0 Å². The maximum absolute atomic E-state index is 4.09. The Kier molecular flexibility index (Phi) is 7.65. The molecule has 1 rings (SSSR count). The second-order valence-electron chi connectivity index (χ2n) is 6.25. The Labute approximate surface area is 114 Å². The Morgan fingerprint density at radius 2 is 1.89 bits per heavy atom. The van der Waals surface area contributed by atoms with Crippen molar-refractivity contribution in [2.24, 2.45) is 11.8 Å². The van der Waals surface area contributed by atoms with Gasteiger partial charge in [-0.15, -0.1) is 6.58 Å². The average Bonchev–Trinajstić information content (AvgIpc) is 2.36.